The molecule has 0 aliphatic rings. The summed E-state index contributed by atoms with van der Waals surface area (Å²) in [6.45, 7) is 2.13. The predicted molar refractivity (Wildman–Crippen MR) is 107 cm³/mol. The normalized spacial score (nSPS) is 13.3. The topological polar surface area (TPSA) is 84.2 Å². The van der Waals surface area contributed by atoms with Crippen molar-refractivity contribution in [1.82, 2.24) is 14.9 Å². The molecular formula is C19H28N4O2S. The van der Waals surface area contributed by atoms with Gasteiger partial charge in [0.15, 0.2) is 0 Å². The number of imidazole rings is 1. The molecule has 26 heavy (non-hydrogen) atoms. The molecule has 0 unspecified atom stereocenters. The van der Waals surface area contributed by atoms with Crippen molar-refractivity contribution in [3.05, 3.63) is 36.3 Å². The molecular weight excluding hydrogens is 348 g/mol. The number of nitrogens with zero attached hydrogens (tertiary/aromatic N) is 2. The number of aromatic amines is 1. The molecule has 1 aromatic carbocycles. The second-order valence-corrected chi connectivity index (χ2v) is 6.63. The lowest BCUT2D eigenvalue weighted by atomic mass is 10.1. The van der Waals surface area contributed by atoms with E-state index < -0.39 is 6.04 Å². The van der Waals surface area contributed by atoms with Gasteiger partial charge in [-0.25, -0.2) is 4.98 Å². The van der Waals surface area contributed by atoms with Crippen LogP contribution in [0.15, 0.2) is 30.5 Å². The number of amides is 1. The monoisotopic (exact) mass is 376 g/mol. The van der Waals surface area contributed by atoms with Gasteiger partial charge in [-0.1, -0.05) is 31.9 Å². The third kappa shape index (κ3) is 4.59. The summed E-state index contributed by atoms with van der Waals surface area (Å²) >= 11 is 4.14. The van der Waals surface area contributed by atoms with Gasteiger partial charge in [-0.15, -0.1) is 0 Å². The summed E-state index contributed by atoms with van der Waals surface area (Å²) in [5.41, 5.74) is 7.58. The number of thiol groups is 1. The van der Waals surface area contributed by atoms with Crippen LogP contribution in [-0.4, -0.2) is 46.7 Å². The first-order chi connectivity index (χ1) is 12.5. The molecule has 0 saturated heterocycles. The van der Waals surface area contributed by atoms with E-state index in [0.717, 1.165) is 42.1 Å². The number of ether oxygens (including phenoxy) is 1. The van der Waals surface area contributed by atoms with Crippen molar-refractivity contribution < 1.29 is 9.53 Å². The molecule has 1 heterocycles. The number of para-hydroxylation sites is 1. The van der Waals surface area contributed by atoms with Gasteiger partial charge in [-0.3, -0.25) is 4.79 Å². The Morgan fingerprint density at radius 1 is 1.42 bits per heavy atom. The Morgan fingerprint density at radius 3 is 2.81 bits per heavy atom. The molecule has 0 spiro atoms. The maximum Gasteiger partial charge on any atom is 0.240 e. The van der Waals surface area contributed by atoms with Crippen molar-refractivity contribution in [2.75, 3.05) is 19.9 Å². The van der Waals surface area contributed by atoms with Crippen molar-refractivity contribution >= 4 is 18.5 Å². The van der Waals surface area contributed by atoms with Crippen LogP contribution in [0.4, 0.5) is 0 Å². The number of benzene rings is 1. The van der Waals surface area contributed by atoms with Gasteiger partial charge in [0, 0.05) is 24.6 Å². The summed E-state index contributed by atoms with van der Waals surface area (Å²) in [6.07, 6.45) is 4.69. The van der Waals surface area contributed by atoms with E-state index in [1.165, 1.54) is 0 Å². The Balaban J connectivity index is 2.32. The Bertz CT molecular complexity index is 719. The van der Waals surface area contributed by atoms with Gasteiger partial charge in [0.05, 0.1) is 24.9 Å². The molecule has 1 aromatic heterocycles. The van der Waals surface area contributed by atoms with Gasteiger partial charge in [0.2, 0.25) is 5.91 Å². The van der Waals surface area contributed by atoms with Gasteiger partial charge < -0.3 is 20.4 Å². The zero-order valence-electron chi connectivity index (χ0n) is 15.6. The van der Waals surface area contributed by atoms with E-state index in [2.05, 4.69) is 24.5 Å². The van der Waals surface area contributed by atoms with Crippen molar-refractivity contribution in [1.29, 1.82) is 0 Å². The number of hydrogen-bond acceptors (Lipinski definition) is 5. The number of nitrogens with two attached hydrogens (primary N) is 1. The number of H-pyrrole nitrogens is 1. The minimum absolute atomic E-state index is 0.128. The van der Waals surface area contributed by atoms with Crippen LogP contribution in [0.5, 0.6) is 5.75 Å². The minimum Gasteiger partial charge on any atom is -0.496 e. The van der Waals surface area contributed by atoms with Gasteiger partial charge in [-0.2, -0.15) is 12.6 Å². The number of aromatic nitrogens is 2. The molecule has 7 heteroatoms. The summed E-state index contributed by atoms with van der Waals surface area (Å²) in [5.74, 6) is 1.70. The first-order valence-corrected chi connectivity index (χ1v) is 9.48. The molecule has 1 amide bonds. The first kappa shape index (κ1) is 20.3. The van der Waals surface area contributed by atoms with Gasteiger partial charge in [0.25, 0.3) is 0 Å². The van der Waals surface area contributed by atoms with E-state index in [1.807, 2.05) is 30.5 Å². The van der Waals surface area contributed by atoms with Crippen molar-refractivity contribution in [3.63, 3.8) is 0 Å². The smallest absolute Gasteiger partial charge is 0.240 e. The lowest BCUT2D eigenvalue weighted by Crippen LogP contribution is -2.44. The zero-order chi connectivity index (χ0) is 19.1. The molecule has 2 aromatic rings. The molecule has 0 bridgehead atoms. The molecule has 2 rings (SSSR count). The maximum atomic E-state index is 12.5. The number of carbonyl (C=O) groups excluding carboxylic acids is 1. The van der Waals surface area contributed by atoms with E-state index in [4.69, 9.17) is 15.5 Å². The summed E-state index contributed by atoms with van der Waals surface area (Å²) < 4.78 is 5.42. The van der Waals surface area contributed by atoms with Crippen LogP contribution < -0.4 is 10.5 Å². The molecule has 2 atom stereocenters. The third-order valence-corrected chi connectivity index (χ3v) is 4.85. The van der Waals surface area contributed by atoms with Crippen LogP contribution in [0.2, 0.25) is 0 Å². The van der Waals surface area contributed by atoms with E-state index in [0.29, 0.717) is 5.75 Å². The summed E-state index contributed by atoms with van der Waals surface area (Å²) in [6, 6.07) is 6.96. The molecule has 0 radical (unpaired) electrons. The lowest BCUT2D eigenvalue weighted by Gasteiger charge is -2.28. The van der Waals surface area contributed by atoms with Crippen LogP contribution in [0.3, 0.4) is 0 Å². The molecule has 142 valence electrons. The summed E-state index contributed by atoms with van der Waals surface area (Å²) in [7, 11) is 3.42. The second-order valence-electron chi connectivity index (χ2n) is 6.27. The SMILES string of the molecule is CCCC[C@@H](c1nc(-c2ccccc2OC)c[nH]1)N(C)C(=O)[C@@H](N)CS. The Labute approximate surface area is 160 Å². The molecule has 3 N–H and O–H groups in total. The lowest BCUT2D eigenvalue weighted by molar-refractivity contribution is -0.133. The number of methoxy groups -OCH3 is 1. The average molecular weight is 377 g/mol. The van der Waals surface area contributed by atoms with Gasteiger partial charge >= 0.3 is 0 Å². The zero-order valence-corrected chi connectivity index (χ0v) is 16.5. The van der Waals surface area contributed by atoms with Crippen molar-refractivity contribution in [2.24, 2.45) is 5.73 Å². The number of carbonyl (C=O) groups is 1. The second kappa shape index (κ2) is 9.64. The first-order valence-electron chi connectivity index (χ1n) is 8.85. The fourth-order valence-electron chi connectivity index (χ4n) is 2.91. The van der Waals surface area contributed by atoms with Crippen LogP contribution in [0.1, 0.15) is 38.1 Å². The van der Waals surface area contributed by atoms with Gasteiger partial charge in [-0.05, 0) is 18.6 Å². The third-order valence-electron chi connectivity index (χ3n) is 4.46. The van der Waals surface area contributed by atoms with E-state index >= 15 is 0 Å². The number of likely N-dealkylation sites (N-methyl/N-ethyl adjacent to an activating group) is 1. The highest BCUT2D eigenvalue weighted by atomic mass is 32.1. The molecule has 0 aliphatic heterocycles. The summed E-state index contributed by atoms with van der Waals surface area (Å²) in [4.78, 5) is 22.2. The summed E-state index contributed by atoms with van der Waals surface area (Å²) in [5, 5.41) is 0. The number of nitrogens with one attached hydrogen (secondary N) is 1. The molecule has 0 aliphatic carbocycles. The number of hydrogen-bond donors (Lipinski definition) is 3. The Morgan fingerprint density at radius 2 is 2.15 bits per heavy atom. The van der Waals surface area contributed by atoms with E-state index in [-0.39, 0.29) is 11.9 Å². The number of rotatable bonds is 9. The fraction of sp³-hybridized carbons (Fsp3) is 0.474. The highest BCUT2D eigenvalue weighted by Gasteiger charge is 2.27. The van der Waals surface area contributed by atoms with Crippen LogP contribution in [-0.2, 0) is 4.79 Å². The highest BCUT2D eigenvalue weighted by Crippen LogP contribution is 2.31. The van der Waals surface area contributed by atoms with Crippen molar-refractivity contribution in [3.8, 4) is 17.0 Å². The fourth-order valence-corrected chi connectivity index (χ4v) is 3.06. The minimum atomic E-state index is -0.615. The van der Waals surface area contributed by atoms with Gasteiger partial charge in [0.1, 0.15) is 11.6 Å². The van der Waals surface area contributed by atoms with Crippen LogP contribution in [0.25, 0.3) is 11.3 Å². The van der Waals surface area contributed by atoms with Crippen LogP contribution >= 0.6 is 12.6 Å². The average Bonchev–Trinajstić information content (AvgIpc) is 3.16. The largest absolute Gasteiger partial charge is 0.496 e. The van der Waals surface area contributed by atoms with Crippen LogP contribution in [0, 0.1) is 0 Å². The maximum absolute atomic E-state index is 12.5. The van der Waals surface area contributed by atoms with Crippen molar-refractivity contribution in [2.45, 2.75) is 38.3 Å². The molecule has 0 fully saturated rings. The quantitative estimate of drug-likeness (QED) is 0.587. The molecule has 0 saturated carbocycles. The predicted octanol–water partition coefficient (Wildman–Crippen LogP) is 3.03. The van der Waals surface area contributed by atoms with E-state index in [9.17, 15) is 4.79 Å². The Kier molecular flexibility index (Phi) is 7.53. The standard InChI is InChI=1S/C19H28N4O2S/c1-4-5-9-16(23(2)19(24)14(20)12-26)18-21-11-15(22-18)13-8-6-7-10-17(13)25-3/h6-8,10-11,14,16,26H,4-5,9,12,20H2,1-3H3,(H,21,22)/t14-,16-/m0/s1. The van der Waals surface area contributed by atoms with E-state index in [1.54, 1.807) is 19.1 Å². The number of unbranched alkanes of at least 4 members (excludes halogenated alkanes) is 1. The molecule has 6 nitrogen and oxygen atoms in total. The Hall–Kier alpha value is -1.99. The highest BCUT2D eigenvalue weighted by molar-refractivity contribution is 7.80.